The van der Waals surface area contributed by atoms with Gasteiger partial charge in [-0.05, 0) is 25.7 Å². The Bertz CT molecular complexity index is 376. The normalized spacial score (nSPS) is 10.3. The van der Waals surface area contributed by atoms with E-state index in [-0.39, 0.29) is 0 Å². The largest absolute Gasteiger partial charge is 0.463 e. The van der Waals surface area contributed by atoms with Crippen LogP contribution in [0.2, 0.25) is 0 Å². The van der Waals surface area contributed by atoms with E-state index in [1.54, 1.807) is 14.2 Å². The quantitative estimate of drug-likeness (QED) is 0.600. The first-order valence-electron chi connectivity index (χ1n) is 7.09. The summed E-state index contributed by atoms with van der Waals surface area (Å²) in [6, 6.07) is 0.355. The summed E-state index contributed by atoms with van der Waals surface area (Å²) in [5.74, 6) is 1.05. The third kappa shape index (κ3) is 6.51. The zero-order chi connectivity index (χ0) is 14.6. The fraction of sp³-hybridized carbons (Fsp3) is 0.769. The molecule has 0 aliphatic carbocycles. The van der Waals surface area contributed by atoms with Gasteiger partial charge >= 0.3 is 6.01 Å². The number of unbranched alkanes of at least 4 members (excludes halogenated alkanes) is 2. The lowest BCUT2D eigenvalue weighted by atomic mass is 10.2. The van der Waals surface area contributed by atoms with Crippen LogP contribution in [0.15, 0.2) is 0 Å². The molecule has 7 heteroatoms. The molecule has 0 aromatic carbocycles. The highest BCUT2D eigenvalue weighted by molar-refractivity contribution is 5.35. The van der Waals surface area contributed by atoms with Crippen LogP contribution in [-0.4, -0.2) is 48.9 Å². The van der Waals surface area contributed by atoms with E-state index in [2.05, 4.69) is 25.6 Å². The third-order valence-electron chi connectivity index (χ3n) is 2.58. The van der Waals surface area contributed by atoms with Crippen LogP contribution in [0.3, 0.4) is 0 Å². The molecule has 0 aliphatic heterocycles. The first-order valence-corrected chi connectivity index (χ1v) is 7.09. The lowest BCUT2D eigenvalue weighted by molar-refractivity contribution is 0.192. The second-order valence-corrected chi connectivity index (χ2v) is 4.34. The summed E-state index contributed by atoms with van der Waals surface area (Å²) in [5, 5.41) is 6.09. The molecule has 2 N–H and O–H groups in total. The van der Waals surface area contributed by atoms with Gasteiger partial charge in [0.2, 0.25) is 11.9 Å². The molecule has 0 amide bonds. The minimum Gasteiger partial charge on any atom is -0.463 e. The summed E-state index contributed by atoms with van der Waals surface area (Å²) >= 11 is 0. The Morgan fingerprint density at radius 3 is 2.50 bits per heavy atom. The molecule has 114 valence electrons. The van der Waals surface area contributed by atoms with Crippen LogP contribution >= 0.6 is 0 Å². The van der Waals surface area contributed by atoms with E-state index in [0.29, 0.717) is 24.5 Å². The number of methoxy groups -OCH3 is 1. The summed E-state index contributed by atoms with van der Waals surface area (Å²) in [7, 11) is 3.49. The Labute approximate surface area is 120 Å². The molecule has 0 bridgehead atoms. The van der Waals surface area contributed by atoms with Crippen LogP contribution in [0.1, 0.15) is 32.6 Å². The number of anilines is 2. The minimum absolute atomic E-state index is 0.355. The van der Waals surface area contributed by atoms with E-state index in [4.69, 9.17) is 9.47 Å². The van der Waals surface area contributed by atoms with E-state index in [1.165, 1.54) is 0 Å². The zero-order valence-corrected chi connectivity index (χ0v) is 12.6. The smallest absolute Gasteiger partial charge is 0.323 e. The Kier molecular flexibility index (Phi) is 8.37. The minimum atomic E-state index is 0.355. The molecular weight excluding hydrogens is 258 g/mol. The van der Waals surface area contributed by atoms with E-state index in [1.807, 2.05) is 6.92 Å². The molecule has 7 nitrogen and oxygen atoms in total. The number of nitrogens with one attached hydrogen (secondary N) is 2. The van der Waals surface area contributed by atoms with E-state index in [0.717, 1.165) is 38.8 Å². The Morgan fingerprint density at radius 2 is 1.80 bits per heavy atom. The molecule has 1 aromatic rings. The predicted molar refractivity (Wildman–Crippen MR) is 79.4 cm³/mol. The fourth-order valence-electron chi connectivity index (χ4n) is 1.55. The molecule has 0 atom stereocenters. The number of rotatable bonds is 11. The van der Waals surface area contributed by atoms with Crippen molar-refractivity contribution >= 4 is 11.9 Å². The maximum absolute atomic E-state index is 5.44. The molecule has 0 radical (unpaired) electrons. The molecular formula is C13H25N5O2. The van der Waals surface area contributed by atoms with Gasteiger partial charge in [0.1, 0.15) is 0 Å². The lowest BCUT2D eigenvalue weighted by Gasteiger charge is -2.09. The second kappa shape index (κ2) is 10.2. The summed E-state index contributed by atoms with van der Waals surface area (Å²) in [6.45, 7) is 4.28. The number of aromatic nitrogens is 3. The van der Waals surface area contributed by atoms with Crippen molar-refractivity contribution in [2.24, 2.45) is 0 Å². The van der Waals surface area contributed by atoms with E-state index in [9.17, 15) is 0 Å². The van der Waals surface area contributed by atoms with Gasteiger partial charge in [-0.3, -0.25) is 0 Å². The zero-order valence-electron chi connectivity index (χ0n) is 12.6. The number of hydrogen-bond acceptors (Lipinski definition) is 7. The molecule has 1 heterocycles. The molecule has 20 heavy (non-hydrogen) atoms. The van der Waals surface area contributed by atoms with Crippen LogP contribution in [-0.2, 0) is 4.74 Å². The van der Waals surface area contributed by atoms with Gasteiger partial charge in [0, 0.05) is 27.3 Å². The molecule has 0 fully saturated rings. The maximum atomic E-state index is 5.44. The molecule has 0 unspecified atom stereocenters. The highest BCUT2D eigenvalue weighted by Crippen LogP contribution is 2.11. The van der Waals surface area contributed by atoms with E-state index >= 15 is 0 Å². The van der Waals surface area contributed by atoms with Crippen molar-refractivity contribution in [3.05, 3.63) is 0 Å². The maximum Gasteiger partial charge on any atom is 0.323 e. The Balaban J connectivity index is 2.42. The van der Waals surface area contributed by atoms with Crippen molar-refractivity contribution in [3.63, 3.8) is 0 Å². The van der Waals surface area contributed by atoms with Crippen LogP contribution in [0.4, 0.5) is 11.9 Å². The number of nitrogens with zero attached hydrogens (tertiary/aromatic N) is 3. The molecule has 0 aliphatic rings. The molecule has 0 saturated carbocycles. The highest BCUT2D eigenvalue weighted by atomic mass is 16.5. The van der Waals surface area contributed by atoms with Gasteiger partial charge in [0.15, 0.2) is 0 Å². The predicted octanol–water partition coefficient (Wildman–Crippen LogP) is 1.93. The van der Waals surface area contributed by atoms with Crippen LogP contribution < -0.4 is 15.4 Å². The van der Waals surface area contributed by atoms with Gasteiger partial charge in [-0.15, -0.1) is 0 Å². The lowest BCUT2D eigenvalue weighted by Crippen LogP contribution is -2.10. The van der Waals surface area contributed by atoms with Gasteiger partial charge in [-0.25, -0.2) is 0 Å². The van der Waals surface area contributed by atoms with Gasteiger partial charge in [0.05, 0.1) is 6.61 Å². The van der Waals surface area contributed by atoms with Crippen molar-refractivity contribution in [1.82, 2.24) is 15.0 Å². The van der Waals surface area contributed by atoms with Gasteiger partial charge < -0.3 is 20.1 Å². The monoisotopic (exact) mass is 283 g/mol. The van der Waals surface area contributed by atoms with Crippen molar-refractivity contribution in [1.29, 1.82) is 0 Å². The summed E-state index contributed by atoms with van der Waals surface area (Å²) < 4.78 is 10.5. The topological polar surface area (TPSA) is 81.2 Å². The standard InChI is InChI=1S/C13H25N5O2/c1-4-9-20-13-17-11(14-2)16-12(18-13)15-8-6-5-7-10-19-3/h4-10H2,1-3H3,(H2,14,15,16,17,18). The van der Waals surface area contributed by atoms with Gasteiger partial charge in [-0.1, -0.05) is 6.92 Å². The van der Waals surface area contributed by atoms with Crippen LogP contribution in [0.25, 0.3) is 0 Å². The van der Waals surface area contributed by atoms with Gasteiger partial charge in [-0.2, -0.15) is 15.0 Å². The fourth-order valence-corrected chi connectivity index (χ4v) is 1.55. The van der Waals surface area contributed by atoms with Crippen molar-refractivity contribution < 1.29 is 9.47 Å². The molecule has 1 aromatic heterocycles. The molecule has 0 saturated heterocycles. The van der Waals surface area contributed by atoms with Crippen LogP contribution in [0, 0.1) is 0 Å². The molecule has 1 rings (SSSR count). The average Bonchev–Trinajstić information content (AvgIpc) is 2.48. The first-order chi connectivity index (χ1) is 9.80. The van der Waals surface area contributed by atoms with Crippen molar-refractivity contribution in [2.45, 2.75) is 32.6 Å². The number of hydrogen-bond donors (Lipinski definition) is 2. The average molecular weight is 283 g/mol. The number of ether oxygens (including phenoxy) is 2. The summed E-state index contributed by atoms with van der Waals surface area (Å²) in [4.78, 5) is 12.6. The highest BCUT2D eigenvalue weighted by Gasteiger charge is 2.05. The Morgan fingerprint density at radius 1 is 1.00 bits per heavy atom. The molecule has 0 spiro atoms. The third-order valence-corrected chi connectivity index (χ3v) is 2.58. The summed E-state index contributed by atoms with van der Waals surface area (Å²) in [6.07, 6.45) is 4.16. The van der Waals surface area contributed by atoms with E-state index < -0.39 is 0 Å². The van der Waals surface area contributed by atoms with Crippen LogP contribution in [0.5, 0.6) is 6.01 Å². The first kappa shape index (κ1) is 16.4. The Hall–Kier alpha value is -1.63. The summed E-state index contributed by atoms with van der Waals surface area (Å²) in [5.41, 5.74) is 0. The van der Waals surface area contributed by atoms with Crippen molar-refractivity contribution in [3.8, 4) is 6.01 Å². The SMILES string of the molecule is CCCOc1nc(NC)nc(NCCCCCOC)n1. The van der Waals surface area contributed by atoms with Crippen molar-refractivity contribution in [2.75, 3.05) is 44.5 Å². The second-order valence-electron chi connectivity index (χ2n) is 4.34. The van der Waals surface area contributed by atoms with Gasteiger partial charge in [0.25, 0.3) is 0 Å².